The molecule has 0 saturated carbocycles. The maximum atomic E-state index is 12.4. The van der Waals surface area contributed by atoms with Crippen molar-refractivity contribution in [3.63, 3.8) is 0 Å². The highest BCUT2D eigenvalue weighted by Crippen LogP contribution is 2.32. The van der Waals surface area contributed by atoms with Gasteiger partial charge in [0.1, 0.15) is 19.8 Å². The Bertz CT molecular complexity index is 902. The number of carbonyl (C=O) groups excluding carboxylic acids is 2. The van der Waals surface area contributed by atoms with E-state index in [1.807, 2.05) is 36.2 Å². The lowest BCUT2D eigenvalue weighted by Gasteiger charge is -2.32. The van der Waals surface area contributed by atoms with E-state index in [9.17, 15) is 9.59 Å². The summed E-state index contributed by atoms with van der Waals surface area (Å²) >= 11 is 0. The van der Waals surface area contributed by atoms with Crippen molar-refractivity contribution in [1.82, 2.24) is 14.7 Å². The molecule has 8 heteroatoms. The third-order valence-electron chi connectivity index (χ3n) is 5.64. The molecule has 1 saturated heterocycles. The van der Waals surface area contributed by atoms with Gasteiger partial charge in [-0.3, -0.25) is 14.3 Å². The van der Waals surface area contributed by atoms with Crippen LogP contribution in [0.4, 0.5) is 5.69 Å². The number of piperidine rings is 1. The molecule has 160 valence electrons. The zero-order chi connectivity index (χ0) is 20.9. The summed E-state index contributed by atoms with van der Waals surface area (Å²) in [5.41, 5.74) is 1.63. The minimum Gasteiger partial charge on any atom is -0.486 e. The van der Waals surface area contributed by atoms with Gasteiger partial charge in [0.2, 0.25) is 11.8 Å². The molecule has 4 rings (SSSR count). The number of aryl methyl sites for hydroxylation is 1. The van der Waals surface area contributed by atoms with E-state index < -0.39 is 0 Å². The van der Waals surface area contributed by atoms with Crippen LogP contribution in [0.5, 0.6) is 11.5 Å². The largest absolute Gasteiger partial charge is 0.486 e. The van der Waals surface area contributed by atoms with Crippen LogP contribution < -0.4 is 14.8 Å². The van der Waals surface area contributed by atoms with Crippen molar-refractivity contribution in [3.05, 3.63) is 36.2 Å². The van der Waals surface area contributed by atoms with Crippen LogP contribution >= 0.6 is 0 Å². The zero-order valence-electron chi connectivity index (χ0n) is 17.3. The van der Waals surface area contributed by atoms with Crippen molar-refractivity contribution >= 4 is 17.5 Å². The third kappa shape index (κ3) is 5.11. The summed E-state index contributed by atoms with van der Waals surface area (Å²) in [5, 5.41) is 7.22. The van der Waals surface area contributed by atoms with Gasteiger partial charge in [0.15, 0.2) is 11.5 Å². The number of anilines is 1. The van der Waals surface area contributed by atoms with Crippen molar-refractivity contribution in [2.24, 2.45) is 5.92 Å². The smallest absolute Gasteiger partial charge is 0.244 e. The quantitative estimate of drug-likeness (QED) is 0.788. The Labute approximate surface area is 176 Å². The molecule has 0 atom stereocenters. The normalized spacial score (nSPS) is 16.4. The number of nitrogens with zero attached hydrogens (tertiary/aromatic N) is 3. The minimum atomic E-state index is -0.000708. The molecule has 2 aliphatic rings. The molecule has 2 aliphatic heterocycles. The number of likely N-dealkylation sites (tertiary alicyclic amines) is 1. The summed E-state index contributed by atoms with van der Waals surface area (Å²) in [6, 6.07) is 7.35. The second-order valence-electron chi connectivity index (χ2n) is 7.92. The fourth-order valence-corrected chi connectivity index (χ4v) is 3.94. The topological polar surface area (TPSA) is 85.7 Å². The standard InChI is InChI=1S/C22H28N4O4/c1-16-6-11-26(24-16)15-22(28)25-9-7-17(8-10-25)2-5-21(27)23-18-3-4-19-20(14-18)30-13-12-29-19/h3-4,6,11,14,17H,2,5,7-10,12-13,15H2,1H3,(H,23,27). The molecule has 0 bridgehead atoms. The monoisotopic (exact) mass is 412 g/mol. The molecule has 1 N–H and O–H groups in total. The van der Waals surface area contributed by atoms with E-state index in [-0.39, 0.29) is 18.4 Å². The van der Waals surface area contributed by atoms with Crippen LogP contribution in [-0.2, 0) is 16.1 Å². The van der Waals surface area contributed by atoms with Gasteiger partial charge in [-0.05, 0) is 50.3 Å². The lowest BCUT2D eigenvalue weighted by Crippen LogP contribution is -2.40. The van der Waals surface area contributed by atoms with Crippen LogP contribution in [0.15, 0.2) is 30.5 Å². The number of carbonyl (C=O) groups is 2. The lowest BCUT2D eigenvalue weighted by atomic mass is 9.92. The average Bonchev–Trinajstić information content (AvgIpc) is 3.17. The van der Waals surface area contributed by atoms with Crippen molar-refractivity contribution < 1.29 is 19.1 Å². The summed E-state index contributed by atoms with van der Waals surface area (Å²) in [6.07, 6.45) is 5.00. The molecule has 8 nitrogen and oxygen atoms in total. The van der Waals surface area contributed by atoms with Crippen molar-refractivity contribution in [1.29, 1.82) is 0 Å². The van der Waals surface area contributed by atoms with E-state index >= 15 is 0 Å². The zero-order valence-corrected chi connectivity index (χ0v) is 17.3. The van der Waals surface area contributed by atoms with Gasteiger partial charge < -0.3 is 19.7 Å². The Kier molecular flexibility index (Phi) is 6.21. The summed E-state index contributed by atoms with van der Waals surface area (Å²) in [4.78, 5) is 26.7. The molecule has 1 fully saturated rings. The van der Waals surface area contributed by atoms with E-state index in [0.717, 1.165) is 43.7 Å². The second kappa shape index (κ2) is 9.19. The SMILES string of the molecule is Cc1ccn(CC(=O)N2CCC(CCC(=O)Nc3ccc4c(c3)OCCO4)CC2)n1. The number of aromatic nitrogens is 2. The van der Waals surface area contributed by atoms with Crippen LogP contribution in [0.3, 0.4) is 0 Å². The molecule has 3 heterocycles. The van der Waals surface area contributed by atoms with Crippen molar-refractivity contribution in [2.75, 3.05) is 31.6 Å². The highest BCUT2D eigenvalue weighted by atomic mass is 16.6. The van der Waals surface area contributed by atoms with Crippen molar-refractivity contribution in [3.8, 4) is 11.5 Å². The number of nitrogens with one attached hydrogen (secondary N) is 1. The molecule has 2 aromatic rings. The van der Waals surface area contributed by atoms with Gasteiger partial charge in [0, 0.05) is 37.5 Å². The van der Waals surface area contributed by atoms with Crippen LogP contribution in [0, 0.1) is 12.8 Å². The van der Waals surface area contributed by atoms with Gasteiger partial charge in [-0.15, -0.1) is 0 Å². The van der Waals surface area contributed by atoms with Gasteiger partial charge in [0.05, 0.1) is 5.69 Å². The highest BCUT2D eigenvalue weighted by Gasteiger charge is 2.23. The summed E-state index contributed by atoms with van der Waals surface area (Å²) in [5.74, 6) is 1.95. The second-order valence-corrected chi connectivity index (χ2v) is 7.92. The van der Waals surface area contributed by atoms with Gasteiger partial charge >= 0.3 is 0 Å². The van der Waals surface area contributed by atoms with Crippen LogP contribution in [0.25, 0.3) is 0 Å². The lowest BCUT2D eigenvalue weighted by molar-refractivity contribution is -0.133. The fourth-order valence-electron chi connectivity index (χ4n) is 3.94. The summed E-state index contributed by atoms with van der Waals surface area (Å²) in [6.45, 7) is 4.76. The molecular formula is C22H28N4O4. The number of rotatable bonds is 6. The van der Waals surface area contributed by atoms with E-state index in [0.29, 0.717) is 37.1 Å². The first kappa shape index (κ1) is 20.3. The number of ether oxygens (including phenoxy) is 2. The molecule has 2 amide bonds. The predicted octanol–water partition coefficient (Wildman–Crippen LogP) is 2.62. The molecule has 30 heavy (non-hydrogen) atoms. The summed E-state index contributed by atoms with van der Waals surface area (Å²) < 4.78 is 12.7. The van der Waals surface area contributed by atoms with Crippen LogP contribution in [0.1, 0.15) is 31.4 Å². The Balaban J connectivity index is 1.18. The summed E-state index contributed by atoms with van der Waals surface area (Å²) in [7, 11) is 0. The average molecular weight is 412 g/mol. The molecule has 0 unspecified atom stereocenters. The predicted molar refractivity (Wildman–Crippen MR) is 112 cm³/mol. The Morgan fingerprint density at radius 3 is 2.63 bits per heavy atom. The molecule has 0 aliphatic carbocycles. The number of amides is 2. The molecular weight excluding hydrogens is 384 g/mol. The highest BCUT2D eigenvalue weighted by molar-refractivity contribution is 5.91. The fraction of sp³-hybridized carbons (Fsp3) is 0.500. The van der Waals surface area contributed by atoms with Gasteiger partial charge in [0.25, 0.3) is 0 Å². The van der Waals surface area contributed by atoms with E-state index in [1.165, 1.54) is 0 Å². The van der Waals surface area contributed by atoms with Gasteiger partial charge in [-0.25, -0.2) is 0 Å². The number of hydrogen-bond donors (Lipinski definition) is 1. The Morgan fingerprint density at radius 1 is 1.13 bits per heavy atom. The van der Waals surface area contributed by atoms with E-state index in [4.69, 9.17) is 9.47 Å². The van der Waals surface area contributed by atoms with Crippen molar-refractivity contribution in [2.45, 2.75) is 39.2 Å². The first-order chi connectivity index (χ1) is 14.6. The first-order valence-corrected chi connectivity index (χ1v) is 10.5. The number of benzene rings is 1. The maximum absolute atomic E-state index is 12.4. The van der Waals surface area contributed by atoms with E-state index in [2.05, 4.69) is 10.4 Å². The van der Waals surface area contributed by atoms with E-state index in [1.54, 1.807) is 10.7 Å². The minimum absolute atomic E-state index is 0.000708. The Morgan fingerprint density at radius 2 is 1.90 bits per heavy atom. The van der Waals surface area contributed by atoms with Gasteiger partial charge in [-0.2, -0.15) is 5.10 Å². The first-order valence-electron chi connectivity index (χ1n) is 10.5. The van der Waals surface area contributed by atoms with Gasteiger partial charge in [-0.1, -0.05) is 0 Å². The third-order valence-corrected chi connectivity index (χ3v) is 5.64. The molecule has 0 spiro atoms. The number of hydrogen-bond acceptors (Lipinski definition) is 5. The molecule has 1 aromatic heterocycles. The van der Waals surface area contributed by atoms with Crippen LogP contribution in [0.2, 0.25) is 0 Å². The van der Waals surface area contributed by atoms with Crippen LogP contribution in [-0.4, -0.2) is 52.8 Å². The number of fused-ring (bicyclic) bond motifs is 1. The Hall–Kier alpha value is -3.03. The molecule has 1 aromatic carbocycles. The maximum Gasteiger partial charge on any atom is 0.244 e. The molecule has 0 radical (unpaired) electrons.